The van der Waals surface area contributed by atoms with Gasteiger partial charge in [0.25, 0.3) is 0 Å². The van der Waals surface area contributed by atoms with E-state index < -0.39 is 11.7 Å². The molecule has 0 unspecified atom stereocenters. The molecule has 2 aromatic carbocycles. The summed E-state index contributed by atoms with van der Waals surface area (Å²) in [5.41, 5.74) is 0.367. The third-order valence-corrected chi connectivity index (χ3v) is 3.18. The minimum absolute atomic E-state index is 0.0313. The van der Waals surface area contributed by atoms with Crippen molar-refractivity contribution in [2.45, 2.75) is 19.0 Å². The first-order valence-corrected chi connectivity index (χ1v) is 6.64. The van der Waals surface area contributed by atoms with Crippen LogP contribution < -0.4 is 0 Å². The summed E-state index contributed by atoms with van der Waals surface area (Å²) in [5.74, 6) is -0.156. The lowest BCUT2D eigenvalue weighted by molar-refractivity contribution is -0.137. The first-order valence-electron chi connectivity index (χ1n) is 6.27. The third-order valence-electron chi connectivity index (χ3n) is 2.95. The molecule has 0 aliphatic heterocycles. The molecular weight excluding hydrogens is 301 g/mol. The molecule has 0 heterocycles. The molecule has 0 bridgehead atoms. The van der Waals surface area contributed by atoms with Crippen LogP contribution in [-0.4, -0.2) is 5.78 Å². The number of Topliss-reactive ketones (excluding diaryl/α,β-unsaturated/α-hetero) is 1. The van der Waals surface area contributed by atoms with E-state index in [-0.39, 0.29) is 18.6 Å². The maximum absolute atomic E-state index is 12.6. The number of hydrogen-bond acceptors (Lipinski definition) is 1. The summed E-state index contributed by atoms with van der Waals surface area (Å²) in [4.78, 5) is 11.9. The quantitative estimate of drug-likeness (QED) is 0.799. The number of ketones is 1. The van der Waals surface area contributed by atoms with Crippen LogP contribution in [0.4, 0.5) is 13.2 Å². The number of rotatable bonds is 4. The number of benzene rings is 2. The zero-order valence-corrected chi connectivity index (χ0v) is 11.7. The minimum Gasteiger partial charge on any atom is -0.299 e. The molecule has 0 amide bonds. The third kappa shape index (κ3) is 4.60. The van der Waals surface area contributed by atoms with Gasteiger partial charge in [0.15, 0.2) is 0 Å². The number of alkyl halides is 3. The standard InChI is InChI=1S/C16H12ClF3O/c17-14-6-2-4-12(8-14)10-15(21)9-11-3-1-5-13(7-11)16(18,19)20/h1-8H,9-10H2. The fraction of sp³-hybridized carbons (Fsp3) is 0.188. The predicted molar refractivity (Wildman–Crippen MR) is 75.3 cm³/mol. The van der Waals surface area contributed by atoms with E-state index in [1.165, 1.54) is 12.1 Å². The second-order valence-electron chi connectivity index (χ2n) is 4.72. The molecule has 0 spiro atoms. The van der Waals surface area contributed by atoms with E-state index in [1.54, 1.807) is 24.3 Å². The summed E-state index contributed by atoms with van der Waals surface area (Å²) in [6, 6.07) is 11.7. The smallest absolute Gasteiger partial charge is 0.299 e. The van der Waals surface area contributed by atoms with Gasteiger partial charge in [-0.25, -0.2) is 0 Å². The molecule has 0 saturated heterocycles. The Labute approximate surface area is 125 Å². The molecule has 2 aromatic rings. The van der Waals surface area contributed by atoms with Crippen molar-refractivity contribution in [3.05, 3.63) is 70.2 Å². The Morgan fingerprint density at radius 1 is 0.952 bits per heavy atom. The summed E-state index contributed by atoms with van der Waals surface area (Å²) in [7, 11) is 0. The van der Waals surface area contributed by atoms with Gasteiger partial charge >= 0.3 is 6.18 Å². The summed E-state index contributed by atoms with van der Waals surface area (Å²) >= 11 is 5.82. The van der Waals surface area contributed by atoms with Crippen molar-refractivity contribution in [3.8, 4) is 0 Å². The number of halogens is 4. The molecule has 0 radical (unpaired) electrons. The lowest BCUT2D eigenvalue weighted by Gasteiger charge is -2.08. The van der Waals surface area contributed by atoms with Crippen molar-refractivity contribution in [3.63, 3.8) is 0 Å². The highest BCUT2D eigenvalue weighted by molar-refractivity contribution is 6.30. The fourth-order valence-electron chi connectivity index (χ4n) is 2.02. The van der Waals surface area contributed by atoms with Crippen molar-refractivity contribution < 1.29 is 18.0 Å². The fourth-order valence-corrected chi connectivity index (χ4v) is 2.24. The second-order valence-corrected chi connectivity index (χ2v) is 5.16. The zero-order valence-electron chi connectivity index (χ0n) is 11.0. The Hall–Kier alpha value is -1.81. The van der Waals surface area contributed by atoms with Crippen molar-refractivity contribution in [1.29, 1.82) is 0 Å². The van der Waals surface area contributed by atoms with Crippen LogP contribution >= 0.6 is 11.6 Å². The number of carbonyl (C=O) groups is 1. The van der Waals surface area contributed by atoms with Gasteiger partial charge in [0, 0.05) is 17.9 Å². The van der Waals surface area contributed by atoms with E-state index in [4.69, 9.17) is 11.6 Å². The van der Waals surface area contributed by atoms with Crippen molar-refractivity contribution in [2.24, 2.45) is 0 Å². The zero-order chi connectivity index (χ0) is 15.5. The maximum Gasteiger partial charge on any atom is 0.416 e. The van der Waals surface area contributed by atoms with E-state index in [9.17, 15) is 18.0 Å². The molecular formula is C16H12ClF3O. The Morgan fingerprint density at radius 2 is 1.52 bits per heavy atom. The van der Waals surface area contributed by atoms with Crippen LogP contribution in [0.5, 0.6) is 0 Å². The van der Waals surface area contributed by atoms with Crippen molar-refractivity contribution in [2.75, 3.05) is 0 Å². The number of hydrogen-bond donors (Lipinski definition) is 0. The van der Waals surface area contributed by atoms with Gasteiger partial charge in [0.2, 0.25) is 0 Å². The topological polar surface area (TPSA) is 17.1 Å². The van der Waals surface area contributed by atoms with E-state index in [1.807, 2.05) is 0 Å². The highest BCUT2D eigenvalue weighted by Crippen LogP contribution is 2.29. The molecule has 0 N–H and O–H groups in total. The van der Waals surface area contributed by atoms with Crippen molar-refractivity contribution >= 4 is 17.4 Å². The summed E-state index contributed by atoms with van der Waals surface area (Å²) in [6.07, 6.45) is -4.28. The normalized spacial score (nSPS) is 11.4. The molecule has 0 aliphatic carbocycles. The van der Waals surface area contributed by atoms with Crippen LogP contribution in [0.1, 0.15) is 16.7 Å². The Bertz CT molecular complexity index is 650. The average Bonchev–Trinajstić information content (AvgIpc) is 2.37. The summed E-state index contributed by atoms with van der Waals surface area (Å²) in [5, 5.41) is 0.527. The van der Waals surface area contributed by atoms with Gasteiger partial charge in [-0.1, -0.05) is 41.9 Å². The van der Waals surface area contributed by atoms with E-state index in [0.717, 1.165) is 17.7 Å². The van der Waals surface area contributed by atoms with Gasteiger partial charge in [0.05, 0.1) is 5.56 Å². The van der Waals surface area contributed by atoms with Gasteiger partial charge in [-0.15, -0.1) is 0 Å². The molecule has 0 fully saturated rings. The molecule has 21 heavy (non-hydrogen) atoms. The van der Waals surface area contributed by atoms with Crippen LogP contribution in [0.15, 0.2) is 48.5 Å². The van der Waals surface area contributed by atoms with Gasteiger partial charge in [-0.2, -0.15) is 13.2 Å². The van der Waals surface area contributed by atoms with Crippen LogP contribution in [0.3, 0.4) is 0 Å². The van der Waals surface area contributed by atoms with Gasteiger partial charge in [0.1, 0.15) is 5.78 Å². The van der Waals surface area contributed by atoms with Gasteiger partial charge < -0.3 is 0 Å². The monoisotopic (exact) mass is 312 g/mol. The van der Waals surface area contributed by atoms with E-state index in [2.05, 4.69) is 0 Å². The summed E-state index contributed by atoms with van der Waals surface area (Å²) in [6.45, 7) is 0. The van der Waals surface area contributed by atoms with Gasteiger partial charge in [-0.3, -0.25) is 4.79 Å². The van der Waals surface area contributed by atoms with Crippen molar-refractivity contribution in [1.82, 2.24) is 0 Å². The highest BCUT2D eigenvalue weighted by atomic mass is 35.5. The highest BCUT2D eigenvalue weighted by Gasteiger charge is 2.30. The van der Waals surface area contributed by atoms with E-state index in [0.29, 0.717) is 10.6 Å². The maximum atomic E-state index is 12.6. The summed E-state index contributed by atoms with van der Waals surface area (Å²) < 4.78 is 37.8. The first-order chi connectivity index (χ1) is 9.84. The lowest BCUT2D eigenvalue weighted by atomic mass is 10.0. The van der Waals surface area contributed by atoms with Crippen LogP contribution in [0, 0.1) is 0 Å². The molecule has 2 rings (SSSR count). The molecule has 110 valence electrons. The first kappa shape index (κ1) is 15.6. The van der Waals surface area contributed by atoms with Gasteiger partial charge in [-0.05, 0) is 29.3 Å². The lowest BCUT2D eigenvalue weighted by Crippen LogP contribution is -2.09. The van der Waals surface area contributed by atoms with Crippen LogP contribution in [0.25, 0.3) is 0 Å². The van der Waals surface area contributed by atoms with E-state index >= 15 is 0 Å². The van der Waals surface area contributed by atoms with Crippen LogP contribution in [-0.2, 0) is 23.8 Å². The second kappa shape index (κ2) is 6.31. The predicted octanol–water partition coefficient (Wildman–Crippen LogP) is 4.71. The molecule has 1 nitrogen and oxygen atoms in total. The Balaban J connectivity index is 2.06. The Morgan fingerprint density at radius 3 is 2.10 bits per heavy atom. The average molecular weight is 313 g/mol. The Kier molecular flexibility index (Phi) is 4.68. The molecule has 0 atom stereocenters. The molecule has 0 aromatic heterocycles. The van der Waals surface area contributed by atoms with Crippen LogP contribution in [0.2, 0.25) is 5.02 Å². The number of carbonyl (C=O) groups excluding carboxylic acids is 1. The largest absolute Gasteiger partial charge is 0.416 e. The molecule has 0 aliphatic rings. The molecule has 0 saturated carbocycles. The SMILES string of the molecule is O=C(Cc1cccc(Cl)c1)Cc1cccc(C(F)(F)F)c1. The molecule has 5 heteroatoms. The minimum atomic E-state index is -4.40.